The normalized spacial score (nSPS) is 17.2. The van der Waals surface area contributed by atoms with Crippen molar-refractivity contribution >= 4 is 11.9 Å². The zero-order chi connectivity index (χ0) is 10.6. The molecule has 0 radical (unpaired) electrons. The van der Waals surface area contributed by atoms with Crippen LogP contribution in [0.3, 0.4) is 0 Å². The summed E-state index contributed by atoms with van der Waals surface area (Å²) >= 11 is 0. The summed E-state index contributed by atoms with van der Waals surface area (Å²) in [6.45, 7) is 2.97. The molecule has 2 atom stereocenters. The lowest BCUT2D eigenvalue weighted by atomic mass is 9.81. The summed E-state index contributed by atoms with van der Waals surface area (Å²) in [5.41, 5.74) is -1.37. The molecule has 0 aromatic heterocycles. The van der Waals surface area contributed by atoms with E-state index in [-0.39, 0.29) is 6.42 Å². The van der Waals surface area contributed by atoms with Crippen LogP contribution in [0.25, 0.3) is 0 Å². The Labute approximate surface area is 76.3 Å². The van der Waals surface area contributed by atoms with E-state index >= 15 is 0 Å². The topological polar surface area (TPSA) is 83.8 Å². The first kappa shape index (κ1) is 11.9. The van der Waals surface area contributed by atoms with E-state index in [2.05, 4.69) is 4.74 Å². The lowest BCUT2D eigenvalue weighted by Gasteiger charge is -2.27. The van der Waals surface area contributed by atoms with Crippen molar-refractivity contribution in [2.75, 3.05) is 7.11 Å². The Hall–Kier alpha value is -1.10. The number of aliphatic hydroxyl groups excluding tert-OH is 1. The van der Waals surface area contributed by atoms with Gasteiger partial charge in [0.15, 0.2) is 6.10 Å². The van der Waals surface area contributed by atoms with Gasteiger partial charge in [0, 0.05) is 0 Å². The van der Waals surface area contributed by atoms with Gasteiger partial charge in [-0.3, -0.25) is 4.79 Å². The van der Waals surface area contributed by atoms with Gasteiger partial charge >= 0.3 is 11.9 Å². The van der Waals surface area contributed by atoms with Crippen molar-refractivity contribution in [3.63, 3.8) is 0 Å². The second-order valence-corrected chi connectivity index (χ2v) is 3.00. The maximum Gasteiger partial charge on any atom is 0.333 e. The third-order valence-electron chi connectivity index (χ3n) is 2.22. The van der Waals surface area contributed by atoms with E-state index in [1.165, 1.54) is 6.92 Å². The molecule has 0 aromatic carbocycles. The average molecular weight is 190 g/mol. The molecule has 0 saturated carbocycles. The van der Waals surface area contributed by atoms with Gasteiger partial charge in [-0.05, 0) is 13.3 Å². The molecule has 5 nitrogen and oxygen atoms in total. The summed E-state index contributed by atoms with van der Waals surface area (Å²) in [4.78, 5) is 21.6. The summed E-state index contributed by atoms with van der Waals surface area (Å²) in [7, 11) is 1.16. The minimum atomic E-state index is -1.73. The molecular formula is C8H14O5. The first-order valence-corrected chi connectivity index (χ1v) is 3.89. The van der Waals surface area contributed by atoms with Crippen LogP contribution in [0.5, 0.6) is 0 Å². The molecule has 13 heavy (non-hydrogen) atoms. The second kappa shape index (κ2) is 4.23. The van der Waals surface area contributed by atoms with Crippen LogP contribution in [0.1, 0.15) is 20.3 Å². The molecule has 0 aromatic rings. The number of esters is 1. The molecule has 2 N–H and O–H groups in total. The molecule has 0 heterocycles. The number of aliphatic hydroxyl groups is 1. The van der Waals surface area contributed by atoms with Crippen LogP contribution in [0.15, 0.2) is 0 Å². The Kier molecular flexibility index (Phi) is 3.87. The van der Waals surface area contributed by atoms with Crippen LogP contribution < -0.4 is 0 Å². The van der Waals surface area contributed by atoms with Gasteiger partial charge in [0.2, 0.25) is 0 Å². The van der Waals surface area contributed by atoms with Gasteiger partial charge in [-0.1, -0.05) is 6.92 Å². The fraction of sp³-hybridized carbons (Fsp3) is 0.750. The van der Waals surface area contributed by atoms with Gasteiger partial charge in [0.1, 0.15) is 5.41 Å². The van der Waals surface area contributed by atoms with Gasteiger partial charge in [-0.2, -0.15) is 0 Å². The highest BCUT2D eigenvalue weighted by atomic mass is 16.5. The zero-order valence-corrected chi connectivity index (χ0v) is 7.90. The van der Waals surface area contributed by atoms with Crippen molar-refractivity contribution in [2.45, 2.75) is 26.4 Å². The van der Waals surface area contributed by atoms with E-state index < -0.39 is 23.5 Å². The number of carbonyl (C=O) groups is 2. The molecule has 5 heteroatoms. The number of hydrogen-bond acceptors (Lipinski definition) is 4. The fourth-order valence-corrected chi connectivity index (χ4v) is 0.955. The number of carboxylic acids is 1. The molecule has 0 fully saturated rings. The van der Waals surface area contributed by atoms with Gasteiger partial charge in [0.25, 0.3) is 0 Å². The highest BCUT2D eigenvalue weighted by Gasteiger charge is 2.44. The highest BCUT2D eigenvalue weighted by Crippen LogP contribution is 2.27. The van der Waals surface area contributed by atoms with Gasteiger partial charge in [-0.15, -0.1) is 0 Å². The van der Waals surface area contributed by atoms with Crippen molar-refractivity contribution in [1.29, 1.82) is 0 Å². The molecule has 0 spiro atoms. The van der Waals surface area contributed by atoms with Crippen LogP contribution in [-0.2, 0) is 14.3 Å². The Morgan fingerprint density at radius 3 is 2.23 bits per heavy atom. The number of hydrogen-bond donors (Lipinski definition) is 2. The third-order valence-corrected chi connectivity index (χ3v) is 2.22. The van der Waals surface area contributed by atoms with Gasteiger partial charge < -0.3 is 14.9 Å². The molecule has 76 valence electrons. The molecule has 0 aliphatic carbocycles. The number of aliphatic carboxylic acids is 1. The SMILES string of the molecule is CC[C@](C)(C(=O)OC)[C@@H](O)C(=O)O. The van der Waals surface area contributed by atoms with Crippen LogP contribution in [-0.4, -0.2) is 35.4 Å². The first-order valence-electron chi connectivity index (χ1n) is 3.89. The van der Waals surface area contributed by atoms with Crippen molar-refractivity contribution in [2.24, 2.45) is 5.41 Å². The molecule has 0 aliphatic rings. The second-order valence-electron chi connectivity index (χ2n) is 3.00. The minimum absolute atomic E-state index is 0.202. The molecule has 0 bridgehead atoms. The number of ether oxygens (including phenoxy) is 1. The van der Waals surface area contributed by atoms with E-state index in [1.807, 2.05) is 0 Å². The quantitative estimate of drug-likeness (QED) is 0.610. The summed E-state index contributed by atoms with van der Waals surface area (Å²) in [6, 6.07) is 0. The number of methoxy groups -OCH3 is 1. The predicted octanol–water partition coefficient (Wildman–Crippen LogP) is 0.0212. The maximum absolute atomic E-state index is 11.2. The van der Waals surface area contributed by atoms with Crippen molar-refractivity contribution < 1.29 is 24.5 Å². The van der Waals surface area contributed by atoms with Crippen molar-refractivity contribution in [3.8, 4) is 0 Å². The van der Waals surface area contributed by atoms with Crippen LogP contribution in [0.4, 0.5) is 0 Å². The zero-order valence-electron chi connectivity index (χ0n) is 7.90. The average Bonchev–Trinajstić information content (AvgIpc) is 2.13. The predicted molar refractivity (Wildman–Crippen MR) is 44.1 cm³/mol. The molecule has 0 unspecified atom stereocenters. The lowest BCUT2D eigenvalue weighted by Crippen LogP contribution is -2.44. The molecule has 0 amide bonds. The molecular weight excluding hydrogens is 176 g/mol. The Balaban J connectivity index is 4.82. The Morgan fingerprint density at radius 2 is 2.00 bits per heavy atom. The van der Waals surface area contributed by atoms with E-state index in [4.69, 9.17) is 5.11 Å². The van der Waals surface area contributed by atoms with E-state index in [0.29, 0.717) is 0 Å². The number of rotatable bonds is 4. The number of carboxylic acid groups (broad SMARTS) is 1. The van der Waals surface area contributed by atoms with Crippen LogP contribution >= 0.6 is 0 Å². The largest absolute Gasteiger partial charge is 0.479 e. The van der Waals surface area contributed by atoms with Crippen LogP contribution in [0.2, 0.25) is 0 Å². The molecule has 0 rings (SSSR count). The Morgan fingerprint density at radius 1 is 1.54 bits per heavy atom. The van der Waals surface area contributed by atoms with E-state index in [1.54, 1.807) is 6.92 Å². The van der Waals surface area contributed by atoms with Crippen molar-refractivity contribution in [1.82, 2.24) is 0 Å². The monoisotopic (exact) mass is 190 g/mol. The fourth-order valence-electron chi connectivity index (χ4n) is 0.955. The highest BCUT2D eigenvalue weighted by molar-refractivity contribution is 5.85. The lowest BCUT2D eigenvalue weighted by molar-refractivity contribution is -0.170. The standard InChI is InChI=1S/C8H14O5/c1-4-8(2,7(12)13-3)5(9)6(10)11/h5,9H,4H2,1-3H3,(H,10,11)/t5-,8-/m0/s1. The smallest absolute Gasteiger partial charge is 0.333 e. The number of carbonyl (C=O) groups excluding carboxylic acids is 1. The Bertz CT molecular complexity index is 213. The summed E-state index contributed by atoms with van der Waals surface area (Å²) in [5, 5.41) is 17.8. The summed E-state index contributed by atoms with van der Waals surface area (Å²) in [5.74, 6) is -2.14. The van der Waals surface area contributed by atoms with E-state index in [9.17, 15) is 14.7 Å². The third kappa shape index (κ3) is 2.18. The van der Waals surface area contributed by atoms with Crippen LogP contribution in [0, 0.1) is 5.41 Å². The maximum atomic E-state index is 11.2. The minimum Gasteiger partial charge on any atom is -0.479 e. The van der Waals surface area contributed by atoms with E-state index in [0.717, 1.165) is 7.11 Å². The summed E-state index contributed by atoms with van der Waals surface area (Å²) in [6.07, 6.45) is -1.53. The molecule has 0 aliphatic heterocycles. The summed E-state index contributed by atoms with van der Waals surface area (Å²) < 4.78 is 4.42. The van der Waals surface area contributed by atoms with Crippen molar-refractivity contribution in [3.05, 3.63) is 0 Å². The molecule has 0 saturated heterocycles. The van der Waals surface area contributed by atoms with Gasteiger partial charge in [0.05, 0.1) is 7.11 Å². The van der Waals surface area contributed by atoms with Gasteiger partial charge in [-0.25, -0.2) is 4.79 Å². The first-order chi connectivity index (χ1) is 5.90.